The highest BCUT2D eigenvalue weighted by Gasteiger charge is 2.34. The number of carbonyl (C=O) groups excluding carboxylic acids is 3. The van der Waals surface area contributed by atoms with E-state index in [1.54, 1.807) is 19.1 Å². The number of nitrogens with two attached hydrogens (primary N) is 1. The highest BCUT2D eigenvalue weighted by Crippen LogP contribution is 2.30. The van der Waals surface area contributed by atoms with E-state index in [9.17, 15) is 18.8 Å². The van der Waals surface area contributed by atoms with Crippen LogP contribution >= 0.6 is 11.3 Å². The summed E-state index contributed by atoms with van der Waals surface area (Å²) in [6.07, 6.45) is 0. The topological polar surface area (TPSA) is 120 Å². The van der Waals surface area contributed by atoms with E-state index < -0.39 is 36.4 Å². The summed E-state index contributed by atoms with van der Waals surface area (Å²) < 4.78 is 23.5. The molecule has 0 fully saturated rings. The molecule has 4 N–H and O–H groups in total. The first-order valence-corrected chi connectivity index (χ1v) is 9.52. The molecule has 0 aliphatic carbocycles. The molecule has 0 unspecified atom stereocenters. The van der Waals surface area contributed by atoms with E-state index in [4.69, 9.17) is 15.2 Å². The van der Waals surface area contributed by atoms with E-state index in [2.05, 4.69) is 10.6 Å². The Kier molecular flexibility index (Phi) is 6.13. The molecule has 0 saturated carbocycles. The average Bonchev–Trinajstić information content (AvgIpc) is 3.20. The quantitative estimate of drug-likeness (QED) is 0.489. The number of thiophene rings is 1. The zero-order valence-corrected chi connectivity index (χ0v) is 16.2. The molecule has 10 heteroatoms. The van der Waals surface area contributed by atoms with Crippen LogP contribution in [0, 0.1) is 5.82 Å². The van der Waals surface area contributed by atoms with Crippen molar-refractivity contribution in [1.29, 1.82) is 0 Å². The van der Waals surface area contributed by atoms with Crippen LogP contribution in [-0.2, 0) is 14.3 Å². The molecule has 0 radical (unpaired) electrons. The fourth-order valence-electron chi connectivity index (χ4n) is 2.79. The van der Waals surface area contributed by atoms with Gasteiger partial charge in [-0.1, -0.05) is 6.07 Å². The van der Waals surface area contributed by atoms with Crippen LogP contribution in [0.25, 0.3) is 0 Å². The molecule has 2 heterocycles. The lowest BCUT2D eigenvalue weighted by molar-refractivity contribution is -0.139. The van der Waals surface area contributed by atoms with Gasteiger partial charge in [0.1, 0.15) is 12.4 Å². The van der Waals surface area contributed by atoms with Gasteiger partial charge in [0.05, 0.1) is 29.5 Å². The maximum atomic E-state index is 13.2. The third-order valence-corrected chi connectivity index (χ3v) is 4.99. The van der Waals surface area contributed by atoms with E-state index in [1.807, 2.05) is 5.38 Å². The standard InChI is InChI=1S/C19H18FN3O5S/c1-2-27-18(25)15-13(22-19(26)23-16(15)14-4-3-7-29-14)9-28-17(24)11-6-5-10(20)8-12(11)21/h3-8,16H,2,9,21H2,1H3,(H2,22,23,26)/t16-/m1/s1. The van der Waals surface area contributed by atoms with Gasteiger partial charge in [0.2, 0.25) is 0 Å². The number of hydrogen-bond donors (Lipinski definition) is 3. The number of esters is 2. The van der Waals surface area contributed by atoms with Crippen molar-refractivity contribution in [1.82, 2.24) is 10.6 Å². The van der Waals surface area contributed by atoms with Gasteiger partial charge in [-0.3, -0.25) is 0 Å². The molecule has 29 heavy (non-hydrogen) atoms. The second-order valence-corrected chi connectivity index (χ2v) is 6.95. The molecule has 152 valence electrons. The van der Waals surface area contributed by atoms with Crippen molar-refractivity contribution < 1.29 is 28.2 Å². The van der Waals surface area contributed by atoms with Gasteiger partial charge in [-0.25, -0.2) is 18.8 Å². The molecule has 1 atom stereocenters. The number of ether oxygens (including phenoxy) is 2. The maximum absolute atomic E-state index is 13.2. The predicted molar refractivity (Wildman–Crippen MR) is 103 cm³/mol. The number of hydrogen-bond acceptors (Lipinski definition) is 7. The third kappa shape index (κ3) is 4.54. The van der Waals surface area contributed by atoms with Crippen LogP contribution in [0.4, 0.5) is 14.9 Å². The average molecular weight is 419 g/mol. The lowest BCUT2D eigenvalue weighted by Gasteiger charge is -2.28. The number of amides is 2. The Balaban J connectivity index is 1.89. The normalized spacial score (nSPS) is 16.1. The van der Waals surface area contributed by atoms with Crippen LogP contribution in [0.2, 0.25) is 0 Å². The molecule has 1 aliphatic rings. The van der Waals surface area contributed by atoms with E-state index in [0.29, 0.717) is 0 Å². The molecule has 0 spiro atoms. The van der Waals surface area contributed by atoms with Crippen LogP contribution in [-0.4, -0.2) is 31.2 Å². The largest absolute Gasteiger partial charge is 0.463 e. The summed E-state index contributed by atoms with van der Waals surface area (Å²) in [7, 11) is 0. The summed E-state index contributed by atoms with van der Waals surface area (Å²) in [6, 6.07) is 5.53. The summed E-state index contributed by atoms with van der Waals surface area (Å²) in [5.41, 5.74) is 5.77. The Bertz CT molecular complexity index is 974. The molecule has 0 bridgehead atoms. The molecule has 8 nitrogen and oxygen atoms in total. The minimum atomic E-state index is -0.821. The SMILES string of the molecule is CCOC(=O)C1=C(COC(=O)c2ccc(F)cc2N)NC(=O)N[C@@H]1c1cccs1. The molecule has 3 rings (SSSR count). The molecular weight excluding hydrogens is 401 g/mol. The summed E-state index contributed by atoms with van der Waals surface area (Å²) in [6.45, 7) is 1.39. The van der Waals surface area contributed by atoms with Gasteiger partial charge in [0, 0.05) is 10.6 Å². The summed E-state index contributed by atoms with van der Waals surface area (Å²) >= 11 is 1.35. The molecule has 2 aromatic rings. The molecule has 1 aromatic heterocycles. The molecular formula is C19H18FN3O5S. The first-order valence-electron chi connectivity index (χ1n) is 8.64. The molecule has 0 saturated heterocycles. The van der Waals surface area contributed by atoms with E-state index in [1.165, 1.54) is 17.4 Å². The number of halogens is 1. The highest BCUT2D eigenvalue weighted by molar-refractivity contribution is 7.10. The Hall–Kier alpha value is -3.40. The zero-order valence-electron chi connectivity index (χ0n) is 15.4. The van der Waals surface area contributed by atoms with E-state index in [0.717, 1.165) is 17.0 Å². The Labute approximate surface area is 169 Å². The third-order valence-electron chi connectivity index (χ3n) is 4.06. The van der Waals surface area contributed by atoms with Crippen molar-refractivity contribution in [3.8, 4) is 0 Å². The maximum Gasteiger partial charge on any atom is 0.340 e. The summed E-state index contributed by atoms with van der Waals surface area (Å²) in [4.78, 5) is 37.7. The van der Waals surface area contributed by atoms with E-state index in [-0.39, 0.29) is 29.1 Å². The van der Waals surface area contributed by atoms with Crippen LogP contribution in [0.15, 0.2) is 47.0 Å². The van der Waals surface area contributed by atoms with Crippen molar-refractivity contribution >= 4 is 35.0 Å². The number of carbonyl (C=O) groups is 3. The number of rotatable bonds is 6. The zero-order chi connectivity index (χ0) is 21.0. The fourth-order valence-corrected chi connectivity index (χ4v) is 3.57. The predicted octanol–water partition coefficient (Wildman–Crippen LogP) is 2.50. The second kappa shape index (κ2) is 8.74. The van der Waals surface area contributed by atoms with Crippen LogP contribution < -0.4 is 16.4 Å². The first kappa shape index (κ1) is 20.3. The number of nitrogen functional groups attached to an aromatic ring is 1. The molecule has 1 aromatic carbocycles. The number of urea groups is 1. The van der Waals surface area contributed by atoms with Crippen LogP contribution in [0.3, 0.4) is 0 Å². The van der Waals surface area contributed by atoms with E-state index >= 15 is 0 Å². The van der Waals surface area contributed by atoms with Crippen molar-refractivity contribution in [2.45, 2.75) is 13.0 Å². The van der Waals surface area contributed by atoms with Gasteiger partial charge < -0.3 is 25.8 Å². The minimum Gasteiger partial charge on any atom is -0.463 e. The molecule has 1 aliphatic heterocycles. The van der Waals surface area contributed by atoms with Crippen molar-refractivity contribution in [3.05, 3.63) is 63.2 Å². The number of benzene rings is 1. The van der Waals surface area contributed by atoms with Gasteiger partial charge in [0.25, 0.3) is 0 Å². The van der Waals surface area contributed by atoms with Gasteiger partial charge in [0.15, 0.2) is 0 Å². The summed E-state index contributed by atoms with van der Waals surface area (Å²) in [5, 5.41) is 6.97. The fraction of sp³-hybridized carbons (Fsp3) is 0.211. The minimum absolute atomic E-state index is 0.0280. The van der Waals surface area contributed by atoms with Crippen molar-refractivity contribution in [3.63, 3.8) is 0 Å². The number of anilines is 1. The lowest BCUT2D eigenvalue weighted by atomic mass is 10.0. The van der Waals surface area contributed by atoms with Crippen molar-refractivity contribution in [2.75, 3.05) is 18.9 Å². The Morgan fingerprint density at radius 1 is 1.24 bits per heavy atom. The lowest BCUT2D eigenvalue weighted by Crippen LogP contribution is -2.46. The van der Waals surface area contributed by atoms with Gasteiger partial charge in [-0.15, -0.1) is 11.3 Å². The van der Waals surface area contributed by atoms with Crippen LogP contribution in [0.1, 0.15) is 28.2 Å². The highest BCUT2D eigenvalue weighted by atomic mass is 32.1. The van der Waals surface area contributed by atoms with Crippen LogP contribution in [0.5, 0.6) is 0 Å². The second-order valence-electron chi connectivity index (χ2n) is 5.97. The first-order chi connectivity index (χ1) is 13.9. The number of nitrogens with one attached hydrogen (secondary N) is 2. The summed E-state index contributed by atoms with van der Waals surface area (Å²) in [5.74, 6) is -2.06. The smallest absolute Gasteiger partial charge is 0.340 e. The van der Waals surface area contributed by atoms with Gasteiger partial charge in [-0.2, -0.15) is 0 Å². The Morgan fingerprint density at radius 3 is 2.69 bits per heavy atom. The van der Waals surface area contributed by atoms with Gasteiger partial charge >= 0.3 is 18.0 Å². The van der Waals surface area contributed by atoms with Gasteiger partial charge in [-0.05, 0) is 36.6 Å². The Morgan fingerprint density at radius 2 is 2.03 bits per heavy atom. The monoisotopic (exact) mass is 419 g/mol. The molecule has 2 amide bonds. The van der Waals surface area contributed by atoms with Crippen molar-refractivity contribution in [2.24, 2.45) is 0 Å².